The second-order valence-corrected chi connectivity index (χ2v) is 6.43. The third-order valence-electron chi connectivity index (χ3n) is 4.98. The number of carbonyl (C=O) groups is 1. The molecule has 1 aliphatic rings. The fourth-order valence-electron chi connectivity index (χ4n) is 3.83. The Labute approximate surface area is 141 Å². The van der Waals surface area contributed by atoms with Crippen LogP contribution in [0.2, 0.25) is 0 Å². The second kappa shape index (κ2) is 6.16. The minimum Gasteiger partial charge on any atom is -0.465 e. The first-order valence-corrected chi connectivity index (χ1v) is 8.54. The van der Waals surface area contributed by atoms with Crippen LogP contribution in [0.1, 0.15) is 40.0 Å². The van der Waals surface area contributed by atoms with E-state index in [0.717, 1.165) is 19.4 Å². The maximum absolute atomic E-state index is 11.9. The van der Waals surface area contributed by atoms with E-state index < -0.39 is 0 Å². The van der Waals surface area contributed by atoms with Crippen LogP contribution in [0.5, 0.6) is 0 Å². The molecule has 3 heteroatoms. The summed E-state index contributed by atoms with van der Waals surface area (Å²) < 4.78 is 7.32. The van der Waals surface area contributed by atoms with Crippen LogP contribution >= 0.6 is 0 Å². The Hall–Kier alpha value is -2.55. The van der Waals surface area contributed by atoms with E-state index in [1.54, 1.807) is 0 Å². The molecule has 2 aromatic carbocycles. The van der Waals surface area contributed by atoms with Gasteiger partial charge in [0.25, 0.3) is 0 Å². The molecule has 4 rings (SSSR count). The van der Waals surface area contributed by atoms with Crippen LogP contribution in [-0.2, 0) is 24.1 Å². The van der Waals surface area contributed by atoms with E-state index in [1.807, 2.05) is 12.1 Å². The molecule has 0 radical (unpaired) electrons. The van der Waals surface area contributed by atoms with E-state index >= 15 is 0 Å². The van der Waals surface area contributed by atoms with Crippen LogP contribution in [0.3, 0.4) is 0 Å². The number of carbonyl (C=O) groups excluding carboxylic acids is 1. The first-order chi connectivity index (χ1) is 11.8. The molecule has 0 atom stereocenters. The van der Waals surface area contributed by atoms with E-state index in [0.29, 0.717) is 5.56 Å². The van der Waals surface area contributed by atoms with Crippen molar-refractivity contribution in [2.24, 2.45) is 0 Å². The van der Waals surface area contributed by atoms with E-state index in [1.165, 1.54) is 47.7 Å². The highest BCUT2D eigenvalue weighted by atomic mass is 16.5. The zero-order valence-corrected chi connectivity index (χ0v) is 13.9. The predicted octanol–water partition coefficient (Wildman–Crippen LogP) is 4.36. The molecule has 0 saturated heterocycles. The Bertz CT molecular complexity index is 893. The quantitative estimate of drug-likeness (QED) is 0.672. The molecule has 3 nitrogen and oxygen atoms in total. The van der Waals surface area contributed by atoms with Crippen molar-refractivity contribution < 1.29 is 9.53 Å². The SMILES string of the molecule is COC(=O)c1ccc2c(c1)c1c(n2Cc2ccccc2)CCCC1. The first-order valence-electron chi connectivity index (χ1n) is 8.54. The Kier molecular flexibility index (Phi) is 3.85. The molecular formula is C21H21NO2. The van der Waals surface area contributed by atoms with Gasteiger partial charge in [0, 0.05) is 23.1 Å². The number of nitrogens with zero attached hydrogens (tertiary/aromatic N) is 1. The molecule has 0 saturated carbocycles. The van der Waals surface area contributed by atoms with Crippen LogP contribution in [0.4, 0.5) is 0 Å². The van der Waals surface area contributed by atoms with Crippen molar-refractivity contribution in [3.63, 3.8) is 0 Å². The van der Waals surface area contributed by atoms with Crippen LogP contribution in [0.15, 0.2) is 48.5 Å². The molecule has 1 aliphatic carbocycles. The van der Waals surface area contributed by atoms with Gasteiger partial charge < -0.3 is 9.30 Å². The van der Waals surface area contributed by atoms with Crippen LogP contribution in [0, 0.1) is 0 Å². The average Bonchev–Trinajstić information content (AvgIpc) is 2.95. The van der Waals surface area contributed by atoms with Gasteiger partial charge in [0.15, 0.2) is 0 Å². The third kappa shape index (κ3) is 2.50. The number of aryl methyl sites for hydroxylation is 1. The summed E-state index contributed by atoms with van der Waals surface area (Å²) in [5.74, 6) is -0.266. The van der Waals surface area contributed by atoms with Gasteiger partial charge in [0.2, 0.25) is 0 Å². The summed E-state index contributed by atoms with van der Waals surface area (Å²) >= 11 is 0. The van der Waals surface area contributed by atoms with Crippen molar-refractivity contribution in [1.29, 1.82) is 0 Å². The average molecular weight is 319 g/mol. The van der Waals surface area contributed by atoms with Crippen LogP contribution in [0.25, 0.3) is 10.9 Å². The van der Waals surface area contributed by atoms with Crippen molar-refractivity contribution in [3.8, 4) is 0 Å². The minimum atomic E-state index is -0.266. The van der Waals surface area contributed by atoms with Gasteiger partial charge in [-0.1, -0.05) is 30.3 Å². The highest BCUT2D eigenvalue weighted by molar-refractivity contribution is 5.96. The van der Waals surface area contributed by atoms with Gasteiger partial charge in [-0.3, -0.25) is 0 Å². The zero-order valence-electron chi connectivity index (χ0n) is 13.9. The second-order valence-electron chi connectivity index (χ2n) is 6.43. The number of hydrogen-bond donors (Lipinski definition) is 0. The molecule has 0 N–H and O–H groups in total. The smallest absolute Gasteiger partial charge is 0.337 e. The summed E-state index contributed by atoms with van der Waals surface area (Å²) in [5.41, 5.74) is 6.01. The lowest BCUT2D eigenvalue weighted by Gasteiger charge is -2.16. The molecular weight excluding hydrogens is 298 g/mol. The van der Waals surface area contributed by atoms with E-state index in [2.05, 4.69) is 41.0 Å². The lowest BCUT2D eigenvalue weighted by atomic mass is 9.95. The number of esters is 1. The number of aromatic nitrogens is 1. The Balaban J connectivity index is 1.88. The zero-order chi connectivity index (χ0) is 16.5. The van der Waals surface area contributed by atoms with Crippen molar-refractivity contribution in [1.82, 2.24) is 4.57 Å². The molecule has 0 unspecified atom stereocenters. The summed E-state index contributed by atoms with van der Waals surface area (Å²) in [6.45, 7) is 0.879. The van der Waals surface area contributed by atoms with Crippen LogP contribution < -0.4 is 0 Å². The van der Waals surface area contributed by atoms with E-state index in [9.17, 15) is 4.79 Å². The monoisotopic (exact) mass is 319 g/mol. The summed E-state index contributed by atoms with van der Waals surface area (Å²) in [7, 11) is 1.43. The summed E-state index contributed by atoms with van der Waals surface area (Å²) in [5, 5.41) is 1.21. The maximum Gasteiger partial charge on any atom is 0.337 e. The molecule has 3 aromatic rings. The number of ether oxygens (including phenoxy) is 1. The van der Waals surface area contributed by atoms with Gasteiger partial charge in [-0.15, -0.1) is 0 Å². The normalized spacial score (nSPS) is 13.7. The highest BCUT2D eigenvalue weighted by Crippen LogP contribution is 2.33. The fraction of sp³-hybridized carbons (Fsp3) is 0.286. The fourth-order valence-corrected chi connectivity index (χ4v) is 3.83. The number of hydrogen-bond acceptors (Lipinski definition) is 2. The lowest BCUT2D eigenvalue weighted by Crippen LogP contribution is -2.09. The van der Waals surface area contributed by atoms with Gasteiger partial charge in [0.1, 0.15) is 0 Å². The first kappa shape index (κ1) is 15.0. The van der Waals surface area contributed by atoms with Gasteiger partial charge in [-0.2, -0.15) is 0 Å². The number of benzene rings is 2. The number of fused-ring (bicyclic) bond motifs is 3. The maximum atomic E-state index is 11.9. The topological polar surface area (TPSA) is 31.2 Å². The van der Waals surface area contributed by atoms with Crippen molar-refractivity contribution in [2.45, 2.75) is 32.2 Å². The van der Waals surface area contributed by atoms with Crippen molar-refractivity contribution >= 4 is 16.9 Å². The molecule has 122 valence electrons. The van der Waals surface area contributed by atoms with Crippen molar-refractivity contribution in [2.75, 3.05) is 7.11 Å². The summed E-state index contributed by atoms with van der Waals surface area (Å²) in [4.78, 5) is 11.9. The third-order valence-corrected chi connectivity index (χ3v) is 4.98. The Morgan fingerprint density at radius 1 is 1.08 bits per heavy atom. The van der Waals surface area contributed by atoms with Gasteiger partial charge in [-0.25, -0.2) is 4.79 Å². The molecule has 0 aliphatic heterocycles. The molecule has 1 aromatic heterocycles. The Morgan fingerprint density at radius 2 is 1.88 bits per heavy atom. The highest BCUT2D eigenvalue weighted by Gasteiger charge is 2.21. The molecule has 0 bridgehead atoms. The molecule has 0 fully saturated rings. The largest absolute Gasteiger partial charge is 0.465 e. The molecule has 24 heavy (non-hydrogen) atoms. The molecule has 1 heterocycles. The van der Waals surface area contributed by atoms with Gasteiger partial charge in [-0.05, 0) is 55.0 Å². The molecule has 0 spiro atoms. The Morgan fingerprint density at radius 3 is 2.67 bits per heavy atom. The van der Waals surface area contributed by atoms with Crippen molar-refractivity contribution in [3.05, 3.63) is 70.9 Å². The summed E-state index contributed by atoms with van der Waals surface area (Å²) in [6.07, 6.45) is 4.67. The van der Waals surface area contributed by atoms with Gasteiger partial charge in [0.05, 0.1) is 12.7 Å². The van der Waals surface area contributed by atoms with Gasteiger partial charge >= 0.3 is 5.97 Å². The van der Waals surface area contributed by atoms with Crippen LogP contribution in [-0.4, -0.2) is 17.6 Å². The predicted molar refractivity (Wildman–Crippen MR) is 95.5 cm³/mol. The van der Waals surface area contributed by atoms with E-state index in [-0.39, 0.29) is 5.97 Å². The standard InChI is InChI=1S/C21H21NO2/c1-24-21(23)16-11-12-20-18(13-16)17-9-5-6-10-19(17)22(20)14-15-7-3-2-4-8-15/h2-4,7-8,11-13H,5-6,9-10,14H2,1H3. The summed E-state index contributed by atoms with van der Waals surface area (Å²) in [6, 6.07) is 16.5. The lowest BCUT2D eigenvalue weighted by molar-refractivity contribution is 0.0601. The van der Waals surface area contributed by atoms with E-state index in [4.69, 9.17) is 4.74 Å². The number of rotatable bonds is 3. The molecule has 0 amide bonds. The number of methoxy groups -OCH3 is 1. The minimum absolute atomic E-state index is 0.266.